The summed E-state index contributed by atoms with van der Waals surface area (Å²) in [5, 5.41) is 18.2. The first-order chi connectivity index (χ1) is 8.08. The Bertz CT molecular complexity index is 314. The summed E-state index contributed by atoms with van der Waals surface area (Å²) < 4.78 is 5.36. The van der Waals surface area contributed by atoms with Gasteiger partial charge in [0.15, 0.2) is 0 Å². The molecule has 1 fully saturated rings. The van der Waals surface area contributed by atoms with Gasteiger partial charge in [-0.05, 0) is 13.0 Å². The molecule has 0 aromatic rings. The van der Waals surface area contributed by atoms with Gasteiger partial charge in [0.1, 0.15) is 5.16 Å². The lowest BCUT2D eigenvalue weighted by molar-refractivity contribution is -0.0430. The molecule has 1 atom stereocenters. The zero-order chi connectivity index (χ0) is 12.8. The lowest BCUT2D eigenvalue weighted by Crippen LogP contribution is -2.43. The number of allylic oxidation sites excluding steroid dienone is 1. The molecule has 5 nitrogen and oxygen atoms in total. The van der Waals surface area contributed by atoms with Crippen LogP contribution in [0.5, 0.6) is 0 Å². The molecule has 1 saturated heterocycles. The van der Waals surface area contributed by atoms with E-state index in [0.29, 0.717) is 18.7 Å². The second kappa shape index (κ2) is 6.86. The molecule has 0 unspecified atom stereocenters. The number of morpholine rings is 1. The van der Waals surface area contributed by atoms with Crippen molar-refractivity contribution >= 4 is 11.6 Å². The maximum atomic E-state index is 9.09. The van der Waals surface area contributed by atoms with Gasteiger partial charge in [0.25, 0.3) is 0 Å². The van der Waals surface area contributed by atoms with Gasteiger partial charge in [0.05, 0.1) is 25.9 Å². The molecular weight excluding hydrogens is 244 g/mol. The SMILES string of the molecule is C/C(=C\C(CO)=C(/N)Cl)N1CCO[C@H](CO)C1. The van der Waals surface area contributed by atoms with Crippen molar-refractivity contribution in [2.75, 3.05) is 32.9 Å². The minimum absolute atomic E-state index is 0.00409. The van der Waals surface area contributed by atoms with Crippen molar-refractivity contribution in [1.29, 1.82) is 0 Å². The fourth-order valence-electron chi connectivity index (χ4n) is 1.68. The van der Waals surface area contributed by atoms with Crippen LogP contribution < -0.4 is 5.73 Å². The van der Waals surface area contributed by atoms with Crippen LogP contribution in [-0.4, -0.2) is 54.1 Å². The number of ether oxygens (including phenoxy) is 1. The molecule has 1 aliphatic heterocycles. The Kier molecular flexibility index (Phi) is 5.77. The molecule has 4 N–H and O–H groups in total. The number of hydrogen-bond donors (Lipinski definition) is 3. The normalized spacial score (nSPS) is 23.6. The van der Waals surface area contributed by atoms with Gasteiger partial charge in [-0.3, -0.25) is 0 Å². The molecule has 17 heavy (non-hydrogen) atoms. The van der Waals surface area contributed by atoms with E-state index in [9.17, 15) is 0 Å². The minimum atomic E-state index is -0.194. The Morgan fingerprint density at radius 1 is 1.59 bits per heavy atom. The number of nitrogens with two attached hydrogens (primary N) is 1. The Labute approximate surface area is 106 Å². The molecule has 0 spiro atoms. The molecule has 1 aliphatic rings. The molecule has 0 saturated carbocycles. The van der Waals surface area contributed by atoms with Crippen molar-refractivity contribution in [2.24, 2.45) is 5.73 Å². The zero-order valence-corrected chi connectivity index (χ0v) is 10.7. The summed E-state index contributed by atoms with van der Waals surface area (Å²) in [6.45, 7) is 3.67. The first-order valence-corrected chi connectivity index (χ1v) is 5.87. The summed E-state index contributed by atoms with van der Waals surface area (Å²) in [6, 6.07) is 0. The van der Waals surface area contributed by atoms with Crippen LogP contribution in [0.2, 0.25) is 0 Å². The highest BCUT2D eigenvalue weighted by molar-refractivity contribution is 6.29. The molecule has 0 aromatic carbocycles. The second-order valence-electron chi connectivity index (χ2n) is 3.94. The molecular formula is C11H19ClN2O3. The number of hydrogen-bond acceptors (Lipinski definition) is 5. The summed E-state index contributed by atoms with van der Waals surface area (Å²) >= 11 is 5.65. The Morgan fingerprint density at radius 3 is 2.82 bits per heavy atom. The second-order valence-corrected chi connectivity index (χ2v) is 4.35. The molecule has 0 aromatic heterocycles. The monoisotopic (exact) mass is 262 g/mol. The van der Waals surface area contributed by atoms with E-state index in [0.717, 1.165) is 12.2 Å². The van der Waals surface area contributed by atoms with E-state index < -0.39 is 0 Å². The predicted octanol–water partition coefficient (Wildman–Crippen LogP) is -0.0153. The predicted molar refractivity (Wildman–Crippen MR) is 66.3 cm³/mol. The quantitative estimate of drug-likeness (QED) is 0.490. The zero-order valence-electron chi connectivity index (χ0n) is 9.90. The molecule has 0 amide bonds. The topological polar surface area (TPSA) is 79.0 Å². The van der Waals surface area contributed by atoms with Gasteiger partial charge in [0.2, 0.25) is 0 Å². The highest BCUT2D eigenvalue weighted by atomic mass is 35.5. The number of halogens is 1. The van der Waals surface area contributed by atoms with E-state index in [1.165, 1.54) is 0 Å². The smallest absolute Gasteiger partial charge is 0.105 e. The largest absolute Gasteiger partial charge is 0.394 e. The van der Waals surface area contributed by atoms with Crippen LogP contribution in [0.25, 0.3) is 0 Å². The third kappa shape index (κ3) is 4.20. The average molecular weight is 263 g/mol. The van der Waals surface area contributed by atoms with Gasteiger partial charge in [-0.2, -0.15) is 0 Å². The Morgan fingerprint density at radius 2 is 2.29 bits per heavy atom. The minimum Gasteiger partial charge on any atom is -0.394 e. The summed E-state index contributed by atoms with van der Waals surface area (Å²) in [5.41, 5.74) is 6.88. The van der Waals surface area contributed by atoms with Gasteiger partial charge < -0.3 is 25.6 Å². The van der Waals surface area contributed by atoms with Gasteiger partial charge in [-0.25, -0.2) is 0 Å². The molecule has 1 heterocycles. The van der Waals surface area contributed by atoms with Gasteiger partial charge in [-0.15, -0.1) is 0 Å². The lowest BCUT2D eigenvalue weighted by atomic mass is 10.2. The van der Waals surface area contributed by atoms with E-state index in [1.54, 1.807) is 6.08 Å². The number of rotatable bonds is 4. The van der Waals surface area contributed by atoms with E-state index in [-0.39, 0.29) is 24.5 Å². The van der Waals surface area contributed by atoms with Crippen LogP contribution in [0.4, 0.5) is 0 Å². The third-order valence-electron chi connectivity index (χ3n) is 2.70. The number of nitrogens with zero attached hydrogens (tertiary/aromatic N) is 1. The fourth-order valence-corrected chi connectivity index (χ4v) is 1.80. The van der Waals surface area contributed by atoms with E-state index in [2.05, 4.69) is 4.90 Å². The highest BCUT2D eigenvalue weighted by Crippen LogP contribution is 2.14. The van der Waals surface area contributed by atoms with Crippen LogP contribution in [0.3, 0.4) is 0 Å². The van der Waals surface area contributed by atoms with Crippen LogP contribution in [0.15, 0.2) is 22.5 Å². The average Bonchev–Trinajstić information content (AvgIpc) is 2.35. The van der Waals surface area contributed by atoms with Crippen LogP contribution in [0.1, 0.15) is 6.92 Å². The molecule has 0 aliphatic carbocycles. The van der Waals surface area contributed by atoms with Crippen LogP contribution in [0, 0.1) is 0 Å². The molecule has 98 valence electrons. The third-order valence-corrected chi connectivity index (χ3v) is 2.94. The maximum absolute atomic E-state index is 9.09. The molecule has 6 heteroatoms. The summed E-state index contributed by atoms with van der Waals surface area (Å²) in [7, 11) is 0. The summed E-state index contributed by atoms with van der Waals surface area (Å²) in [5.74, 6) is 0. The fraction of sp³-hybridized carbons (Fsp3) is 0.636. The van der Waals surface area contributed by atoms with E-state index in [1.807, 2.05) is 6.92 Å². The van der Waals surface area contributed by atoms with Crippen LogP contribution >= 0.6 is 11.6 Å². The van der Waals surface area contributed by atoms with Gasteiger partial charge in [0, 0.05) is 24.4 Å². The van der Waals surface area contributed by atoms with E-state index in [4.69, 9.17) is 32.3 Å². The van der Waals surface area contributed by atoms with Crippen molar-refractivity contribution in [2.45, 2.75) is 13.0 Å². The van der Waals surface area contributed by atoms with Crippen molar-refractivity contribution in [3.05, 3.63) is 22.5 Å². The van der Waals surface area contributed by atoms with Gasteiger partial charge in [-0.1, -0.05) is 11.6 Å². The lowest BCUT2D eigenvalue weighted by Gasteiger charge is -2.34. The first-order valence-electron chi connectivity index (χ1n) is 5.49. The summed E-state index contributed by atoms with van der Waals surface area (Å²) in [4.78, 5) is 2.07. The van der Waals surface area contributed by atoms with Crippen molar-refractivity contribution < 1.29 is 14.9 Å². The maximum Gasteiger partial charge on any atom is 0.105 e. The van der Waals surface area contributed by atoms with Crippen LogP contribution in [-0.2, 0) is 4.74 Å². The molecule has 0 bridgehead atoms. The molecule has 0 radical (unpaired) electrons. The first kappa shape index (κ1) is 14.3. The number of aliphatic hydroxyl groups is 2. The Hall–Kier alpha value is -0.750. The van der Waals surface area contributed by atoms with Gasteiger partial charge >= 0.3 is 0 Å². The number of aliphatic hydroxyl groups excluding tert-OH is 2. The highest BCUT2D eigenvalue weighted by Gasteiger charge is 2.19. The Balaban J connectivity index is 2.71. The summed E-state index contributed by atoms with van der Waals surface area (Å²) in [6.07, 6.45) is 1.59. The van der Waals surface area contributed by atoms with E-state index >= 15 is 0 Å². The van der Waals surface area contributed by atoms with Crippen molar-refractivity contribution in [1.82, 2.24) is 4.90 Å². The van der Waals surface area contributed by atoms with Crippen molar-refractivity contribution in [3.63, 3.8) is 0 Å². The van der Waals surface area contributed by atoms with Crippen molar-refractivity contribution in [3.8, 4) is 0 Å². The molecule has 1 rings (SSSR count). The standard InChI is InChI=1S/C11H19ClN2O3/c1-8(4-9(6-15)11(12)13)14-2-3-17-10(5-14)7-16/h4,10,15-16H,2-3,5-7,13H2,1H3/b8-4+,11-9+/t10-/m0/s1.